The average Bonchev–Trinajstić information content (AvgIpc) is 2.40. The highest BCUT2D eigenvalue weighted by Gasteiger charge is 2.34. The molecule has 0 heterocycles. The van der Waals surface area contributed by atoms with Gasteiger partial charge in [0.05, 0.1) is 21.3 Å². The molecule has 112 valence electrons. The van der Waals surface area contributed by atoms with Crippen LogP contribution in [0.2, 0.25) is 10.0 Å². The maximum Gasteiger partial charge on any atom is 0.418 e. The van der Waals surface area contributed by atoms with Crippen molar-refractivity contribution < 1.29 is 17.6 Å². The molecule has 2 aromatic rings. The van der Waals surface area contributed by atoms with E-state index in [9.17, 15) is 17.6 Å². The molecule has 0 saturated carbocycles. The summed E-state index contributed by atoms with van der Waals surface area (Å²) in [5, 5.41) is 2.36. The molecule has 0 fully saturated rings. The van der Waals surface area contributed by atoms with Crippen molar-refractivity contribution in [1.82, 2.24) is 0 Å². The summed E-state index contributed by atoms with van der Waals surface area (Å²) in [6.45, 7) is -0.0800. The second-order valence-corrected chi connectivity index (χ2v) is 5.01. The lowest BCUT2D eigenvalue weighted by molar-refractivity contribution is -0.136. The Morgan fingerprint density at radius 1 is 1.00 bits per heavy atom. The Hall–Kier alpha value is -1.46. The zero-order chi connectivity index (χ0) is 15.6. The lowest BCUT2D eigenvalue weighted by atomic mass is 10.1. The Morgan fingerprint density at radius 3 is 2.33 bits per heavy atom. The number of anilines is 1. The Balaban J connectivity index is 2.30. The van der Waals surface area contributed by atoms with E-state index in [-0.39, 0.29) is 22.3 Å². The van der Waals surface area contributed by atoms with Crippen molar-refractivity contribution in [2.75, 3.05) is 5.32 Å². The normalized spacial score (nSPS) is 11.5. The molecule has 2 rings (SSSR count). The van der Waals surface area contributed by atoms with Crippen LogP contribution in [-0.4, -0.2) is 0 Å². The van der Waals surface area contributed by atoms with E-state index in [1.54, 1.807) is 0 Å². The second-order valence-electron chi connectivity index (χ2n) is 4.23. The monoisotopic (exact) mass is 337 g/mol. The Morgan fingerprint density at radius 2 is 1.67 bits per heavy atom. The van der Waals surface area contributed by atoms with E-state index in [1.165, 1.54) is 30.3 Å². The molecule has 0 atom stereocenters. The molecular formula is C14H9Cl2F4N. The van der Waals surface area contributed by atoms with Crippen molar-refractivity contribution in [2.24, 2.45) is 0 Å². The molecule has 0 bridgehead atoms. The van der Waals surface area contributed by atoms with Gasteiger partial charge in [-0.2, -0.15) is 13.2 Å². The molecule has 0 aliphatic rings. The SMILES string of the molecule is Fc1cccc(CNc2c(Cl)cccc2C(F)(F)F)c1Cl. The lowest BCUT2D eigenvalue weighted by Gasteiger charge is -2.16. The van der Waals surface area contributed by atoms with Gasteiger partial charge in [-0.05, 0) is 23.8 Å². The number of alkyl halides is 3. The van der Waals surface area contributed by atoms with Gasteiger partial charge in [-0.15, -0.1) is 0 Å². The molecule has 1 nitrogen and oxygen atoms in total. The first-order valence-electron chi connectivity index (χ1n) is 5.83. The van der Waals surface area contributed by atoms with Crippen molar-refractivity contribution in [1.29, 1.82) is 0 Å². The Labute approximate surface area is 128 Å². The van der Waals surface area contributed by atoms with Crippen LogP contribution in [0.15, 0.2) is 36.4 Å². The summed E-state index contributed by atoms with van der Waals surface area (Å²) in [5.41, 5.74) is -0.806. The number of hydrogen-bond acceptors (Lipinski definition) is 1. The molecule has 2 aromatic carbocycles. The molecule has 7 heteroatoms. The highest BCUT2D eigenvalue weighted by atomic mass is 35.5. The second kappa shape index (κ2) is 6.12. The summed E-state index contributed by atoms with van der Waals surface area (Å²) in [7, 11) is 0. The fourth-order valence-corrected chi connectivity index (χ4v) is 2.24. The van der Waals surface area contributed by atoms with Gasteiger partial charge in [0.25, 0.3) is 0 Å². The smallest absolute Gasteiger partial charge is 0.379 e. The molecule has 0 amide bonds. The van der Waals surface area contributed by atoms with Gasteiger partial charge in [0.1, 0.15) is 5.82 Å². The predicted molar refractivity (Wildman–Crippen MR) is 75.2 cm³/mol. The van der Waals surface area contributed by atoms with E-state index >= 15 is 0 Å². The molecule has 21 heavy (non-hydrogen) atoms. The third-order valence-corrected chi connectivity index (χ3v) is 3.54. The standard InChI is InChI=1S/C14H9Cl2F4N/c15-10-5-2-4-9(14(18,19)20)13(10)21-7-8-3-1-6-11(17)12(8)16/h1-6,21H,7H2. The lowest BCUT2D eigenvalue weighted by Crippen LogP contribution is -2.11. The van der Waals surface area contributed by atoms with Crippen LogP contribution in [0.25, 0.3) is 0 Å². The van der Waals surface area contributed by atoms with Crippen LogP contribution < -0.4 is 5.32 Å². The van der Waals surface area contributed by atoms with Gasteiger partial charge in [-0.25, -0.2) is 4.39 Å². The minimum absolute atomic E-state index is 0.0719. The van der Waals surface area contributed by atoms with Crippen LogP contribution in [0, 0.1) is 5.82 Å². The van der Waals surface area contributed by atoms with Gasteiger partial charge < -0.3 is 5.32 Å². The van der Waals surface area contributed by atoms with Crippen LogP contribution in [0.3, 0.4) is 0 Å². The van der Waals surface area contributed by atoms with Gasteiger partial charge in [-0.1, -0.05) is 41.4 Å². The van der Waals surface area contributed by atoms with Crippen LogP contribution in [0.5, 0.6) is 0 Å². The fraction of sp³-hybridized carbons (Fsp3) is 0.143. The van der Waals surface area contributed by atoms with Crippen LogP contribution in [0.1, 0.15) is 11.1 Å². The first-order chi connectivity index (χ1) is 9.80. The molecular weight excluding hydrogens is 329 g/mol. The van der Waals surface area contributed by atoms with E-state index < -0.39 is 17.6 Å². The number of halogens is 6. The van der Waals surface area contributed by atoms with Crippen LogP contribution in [0.4, 0.5) is 23.2 Å². The van der Waals surface area contributed by atoms with E-state index in [0.29, 0.717) is 5.56 Å². The van der Waals surface area contributed by atoms with Gasteiger partial charge in [0.15, 0.2) is 0 Å². The first kappa shape index (κ1) is 15.9. The van der Waals surface area contributed by atoms with Gasteiger partial charge >= 0.3 is 6.18 Å². The molecule has 0 aliphatic heterocycles. The summed E-state index contributed by atoms with van der Waals surface area (Å²) >= 11 is 11.6. The maximum atomic E-state index is 13.3. The van der Waals surface area contributed by atoms with E-state index in [4.69, 9.17) is 23.2 Å². The topological polar surface area (TPSA) is 12.0 Å². The molecule has 0 saturated heterocycles. The molecule has 0 spiro atoms. The minimum Gasteiger partial charge on any atom is -0.379 e. The average molecular weight is 338 g/mol. The quantitative estimate of drug-likeness (QED) is 0.701. The zero-order valence-electron chi connectivity index (χ0n) is 10.4. The van der Waals surface area contributed by atoms with Gasteiger partial charge in [-0.3, -0.25) is 0 Å². The van der Waals surface area contributed by atoms with Crippen molar-refractivity contribution in [3.8, 4) is 0 Å². The number of hydrogen-bond donors (Lipinski definition) is 1. The number of nitrogens with one attached hydrogen (secondary N) is 1. The molecule has 0 aromatic heterocycles. The highest BCUT2D eigenvalue weighted by molar-refractivity contribution is 6.33. The molecule has 1 N–H and O–H groups in total. The first-order valence-corrected chi connectivity index (χ1v) is 6.58. The van der Waals surface area contributed by atoms with Crippen LogP contribution in [-0.2, 0) is 12.7 Å². The van der Waals surface area contributed by atoms with Crippen molar-refractivity contribution in [3.63, 3.8) is 0 Å². The van der Waals surface area contributed by atoms with E-state index in [0.717, 1.165) is 6.07 Å². The summed E-state index contributed by atoms with van der Waals surface area (Å²) in [6, 6.07) is 7.58. The fourth-order valence-electron chi connectivity index (χ4n) is 1.81. The molecule has 0 unspecified atom stereocenters. The predicted octanol–water partition coefficient (Wildman–Crippen LogP) is 5.76. The summed E-state index contributed by atoms with van der Waals surface area (Å²) in [4.78, 5) is 0. The highest BCUT2D eigenvalue weighted by Crippen LogP contribution is 2.38. The van der Waals surface area contributed by atoms with Gasteiger partial charge in [0, 0.05) is 6.54 Å². The third kappa shape index (κ3) is 3.60. The van der Waals surface area contributed by atoms with E-state index in [1.807, 2.05) is 0 Å². The Kier molecular flexibility index (Phi) is 4.64. The summed E-state index contributed by atoms with van der Waals surface area (Å²) < 4.78 is 52.0. The zero-order valence-corrected chi connectivity index (χ0v) is 12.0. The molecule has 0 radical (unpaired) electrons. The largest absolute Gasteiger partial charge is 0.418 e. The maximum absolute atomic E-state index is 13.3. The number of para-hydroxylation sites is 1. The van der Waals surface area contributed by atoms with Crippen LogP contribution >= 0.6 is 23.2 Å². The van der Waals surface area contributed by atoms with Crippen molar-refractivity contribution in [2.45, 2.75) is 12.7 Å². The Bertz CT molecular complexity index is 656. The minimum atomic E-state index is -4.54. The summed E-state index contributed by atoms with van der Waals surface area (Å²) in [5.74, 6) is -0.633. The van der Waals surface area contributed by atoms with Crippen molar-refractivity contribution >= 4 is 28.9 Å². The summed E-state index contributed by atoms with van der Waals surface area (Å²) in [6.07, 6.45) is -4.54. The van der Waals surface area contributed by atoms with Gasteiger partial charge in [0.2, 0.25) is 0 Å². The number of rotatable bonds is 3. The number of benzene rings is 2. The van der Waals surface area contributed by atoms with E-state index in [2.05, 4.69) is 5.32 Å². The van der Waals surface area contributed by atoms with Crippen molar-refractivity contribution in [3.05, 3.63) is 63.4 Å². The molecule has 0 aliphatic carbocycles. The third-order valence-electron chi connectivity index (χ3n) is 2.81.